The van der Waals surface area contributed by atoms with Gasteiger partial charge in [-0.15, -0.1) is 0 Å². The van der Waals surface area contributed by atoms with E-state index < -0.39 is 78.1 Å². The van der Waals surface area contributed by atoms with Crippen LogP contribution in [0.25, 0.3) is 0 Å². The van der Waals surface area contributed by atoms with E-state index >= 15 is 0 Å². The molecule has 3 unspecified atom stereocenters. The van der Waals surface area contributed by atoms with Crippen molar-refractivity contribution in [3.05, 3.63) is 12.3 Å². The van der Waals surface area contributed by atoms with E-state index in [-0.39, 0.29) is 25.1 Å². The number of carbonyl (C=O) groups excluding carboxylic acids is 9. The zero-order valence-electron chi connectivity index (χ0n) is 30.1. The summed E-state index contributed by atoms with van der Waals surface area (Å²) in [5, 5.41) is 23.4. The van der Waals surface area contributed by atoms with Crippen LogP contribution in [0, 0.1) is 5.92 Å². The maximum absolute atomic E-state index is 13.6. The fraction of sp³-hybridized carbons (Fsp3) is 0.645. The second-order valence-electron chi connectivity index (χ2n) is 11.0. The molecule has 0 aliphatic rings. The second kappa shape index (κ2) is 29.9. The molecule has 9 N–H and O–H groups in total. The third-order valence-electron chi connectivity index (χ3n) is 7.02. The van der Waals surface area contributed by atoms with Crippen LogP contribution in [0.5, 0.6) is 0 Å². The molecule has 0 aromatic rings. The second-order valence-corrected chi connectivity index (χ2v) is 14.9. The molecule has 0 aromatic carbocycles. The number of nitrogens with one attached hydrogen (secondary N) is 9. The largest absolute Gasteiger partial charge is 0.351 e. The molecule has 0 radical (unpaired) electrons. The predicted octanol–water partition coefficient (Wildman–Crippen LogP) is -2.81. The van der Waals surface area contributed by atoms with Crippen molar-refractivity contribution in [2.45, 2.75) is 63.8 Å². The standard InChI is InChI=1S/C31H53N9O9S3/c1-6-50-17-25(31(49)38-20(2)27(45)35-11-14-42)40-28(46)21(3)37-29(47)22(8-7-10-34-19-43)23(9-13-41)39-26(44)16-36-30(48)24(33-5)18-52-51-15-12-32-4/h7,10,13-14,19-25,32-33H,6,8-9,11-12,15-18H2,1-5H3,(H,34,43)(H,35,45)(H,36,48)(H,37,47)(H,38,49)(H,39,44)(H,40,46)/b10-7-/t20?,21?,22-,23?,24+,25+/m1/s1. The van der Waals surface area contributed by atoms with Crippen LogP contribution in [0.3, 0.4) is 0 Å². The van der Waals surface area contributed by atoms with E-state index in [1.165, 1.54) is 48.7 Å². The van der Waals surface area contributed by atoms with Crippen LogP contribution in [-0.4, -0.2) is 141 Å². The zero-order chi connectivity index (χ0) is 39.3. The number of hydrogen-bond donors (Lipinski definition) is 9. The van der Waals surface area contributed by atoms with Gasteiger partial charge in [-0.1, -0.05) is 34.6 Å². The van der Waals surface area contributed by atoms with Crippen molar-refractivity contribution < 1.29 is 43.2 Å². The summed E-state index contributed by atoms with van der Waals surface area (Å²) in [6.07, 6.45) is 3.77. The van der Waals surface area contributed by atoms with Gasteiger partial charge in [0.1, 0.15) is 30.7 Å². The summed E-state index contributed by atoms with van der Waals surface area (Å²) in [6, 6.07) is -4.92. The Morgan fingerprint density at radius 3 is 2.02 bits per heavy atom. The number of rotatable bonds is 30. The number of allylic oxidation sites excluding steroid dienone is 1. The van der Waals surface area contributed by atoms with Crippen LogP contribution < -0.4 is 47.9 Å². The number of aldehydes is 2. The number of thioether (sulfide) groups is 1. The normalized spacial score (nSPS) is 14.3. The fourth-order valence-corrected chi connectivity index (χ4v) is 7.10. The predicted molar refractivity (Wildman–Crippen MR) is 203 cm³/mol. The van der Waals surface area contributed by atoms with E-state index in [1.54, 1.807) is 17.8 Å². The third-order valence-corrected chi connectivity index (χ3v) is 10.4. The molecule has 0 bridgehead atoms. The average Bonchev–Trinajstić information content (AvgIpc) is 3.12. The highest BCUT2D eigenvalue weighted by Gasteiger charge is 2.32. The van der Waals surface area contributed by atoms with Gasteiger partial charge in [0, 0.05) is 36.3 Å². The van der Waals surface area contributed by atoms with E-state index in [0.29, 0.717) is 30.5 Å². The maximum atomic E-state index is 13.6. The van der Waals surface area contributed by atoms with E-state index in [4.69, 9.17) is 0 Å². The first-order valence-corrected chi connectivity index (χ1v) is 20.2. The molecule has 0 spiro atoms. The molecule has 0 saturated carbocycles. The van der Waals surface area contributed by atoms with Gasteiger partial charge in [-0.2, -0.15) is 11.8 Å². The summed E-state index contributed by atoms with van der Waals surface area (Å²) >= 11 is 1.35. The first-order chi connectivity index (χ1) is 24.9. The van der Waals surface area contributed by atoms with Crippen molar-refractivity contribution in [3.63, 3.8) is 0 Å². The lowest BCUT2D eigenvalue weighted by Gasteiger charge is -2.27. The Balaban J connectivity index is 5.69. The molecule has 294 valence electrons. The van der Waals surface area contributed by atoms with Crippen molar-refractivity contribution in [2.75, 3.05) is 56.7 Å². The molecule has 0 aliphatic carbocycles. The van der Waals surface area contributed by atoms with Crippen molar-refractivity contribution in [1.29, 1.82) is 0 Å². The van der Waals surface area contributed by atoms with Crippen LogP contribution in [0.4, 0.5) is 0 Å². The fourth-order valence-electron chi connectivity index (χ4n) is 4.14. The molecule has 0 aliphatic heterocycles. The molecular formula is C31H53N9O9S3. The molecule has 52 heavy (non-hydrogen) atoms. The summed E-state index contributed by atoms with van der Waals surface area (Å²) in [4.78, 5) is 110. The number of amides is 7. The Morgan fingerprint density at radius 2 is 1.40 bits per heavy atom. The first kappa shape index (κ1) is 48.3. The quantitative estimate of drug-likeness (QED) is 0.0202. The minimum atomic E-state index is -1.19. The number of carbonyl (C=O) groups is 9. The molecule has 0 aromatic heterocycles. The smallest absolute Gasteiger partial charge is 0.244 e. The number of likely N-dealkylation sites (N-methyl/N-ethyl adjacent to an activating group) is 1. The highest BCUT2D eigenvalue weighted by Crippen LogP contribution is 2.21. The topological polar surface area (TPSA) is 262 Å². The Labute approximate surface area is 316 Å². The van der Waals surface area contributed by atoms with Crippen LogP contribution in [0.1, 0.15) is 33.6 Å². The SMILES string of the molecule is CCSC[C@H](NC(=O)C(C)NC(=O)[C@H](C/C=C\NC=O)C(CC=O)NC(=O)CNC(=O)[C@H](CSSCCNC)NC)C(=O)NC(C)C(=O)NCC=O. The van der Waals surface area contributed by atoms with Gasteiger partial charge in [-0.25, -0.2) is 0 Å². The highest BCUT2D eigenvalue weighted by molar-refractivity contribution is 8.76. The molecule has 0 saturated heterocycles. The van der Waals surface area contributed by atoms with Crippen molar-refractivity contribution >= 4 is 87.8 Å². The van der Waals surface area contributed by atoms with Crippen LogP contribution >= 0.6 is 33.3 Å². The van der Waals surface area contributed by atoms with Crippen molar-refractivity contribution in [2.24, 2.45) is 5.92 Å². The molecule has 21 heteroatoms. The summed E-state index contributed by atoms with van der Waals surface area (Å²) in [5.74, 6) is -2.82. The monoisotopic (exact) mass is 791 g/mol. The lowest BCUT2D eigenvalue weighted by molar-refractivity contribution is -0.134. The zero-order valence-corrected chi connectivity index (χ0v) is 32.6. The number of hydrogen-bond acceptors (Lipinski definition) is 14. The Bertz CT molecular complexity index is 1200. The molecule has 7 amide bonds. The third kappa shape index (κ3) is 21.0. The average molecular weight is 792 g/mol. The van der Waals surface area contributed by atoms with Gasteiger partial charge in [-0.05, 0) is 46.3 Å². The van der Waals surface area contributed by atoms with Gasteiger partial charge in [0.05, 0.1) is 25.0 Å². The molecule has 0 heterocycles. The van der Waals surface area contributed by atoms with E-state index in [2.05, 4.69) is 47.9 Å². The molecular weight excluding hydrogens is 739 g/mol. The van der Waals surface area contributed by atoms with Crippen LogP contribution in [0.2, 0.25) is 0 Å². The summed E-state index contributed by atoms with van der Waals surface area (Å²) in [5.41, 5.74) is 0. The van der Waals surface area contributed by atoms with Crippen molar-refractivity contribution in [1.82, 2.24) is 47.9 Å². The van der Waals surface area contributed by atoms with Crippen LogP contribution in [0.15, 0.2) is 12.3 Å². The Kier molecular flexibility index (Phi) is 27.8. The Hall–Kier alpha value is -3.66. The summed E-state index contributed by atoms with van der Waals surface area (Å²) < 4.78 is 0. The molecule has 18 nitrogen and oxygen atoms in total. The van der Waals surface area contributed by atoms with Gasteiger partial charge in [0.15, 0.2) is 0 Å². The van der Waals surface area contributed by atoms with Gasteiger partial charge >= 0.3 is 0 Å². The summed E-state index contributed by atoms with van der Waals surface area (Å²) in [6.45, 7) is 4.80. The minimum absolute atomic E-state index is 0.0708. The first-order valence-electron chi connectivity index (χ1n) is 16.5. The van der Waals surface area contributed by atoms with Crippen molar-refractivity contribution in [3.8, 4) is 0 Å². The van der Waals surface area contributed by atoms with Gasteiger partial charge in [0.25, 0.3) is 0 Å². The summed E-state index contributed by atoms with van der Waals surface area (Å²) in [7, 11) is 6.57. The minimum Gasteiger partial charge on any atom is -0.351 e. The Morgan fingerprint density at radius 1 is 0.712 bits per heavy atom. The molecule has 6 atom stereocenters. The van der Waals surface area contributed by atoms with Crippen LogP contribution in [-0.2, 0) is 43.2 Å². The highest BCUT2D eigenvalue weighted by atomic mass is 33.1. The van der Waals surface area contributed by atoms with E-state index in [9.17, 15) is 43.2 Å². The maximum Gasteiger partial charge on any atom is 0.244 e. The van der Waals surface area contributed by atoms with Gasteiger partial charge < -0.3 is 57.4 Å². The van der Waals surface area contributed by atoms with E-state index in [1.807, 2.05) is 14.0 Å². The lowest BCUT2D eigenvalue weighted by Crippen LogP contribution is -2.57. The van der Waals surface area contributed by atoms with E-state index in [0.717, 1.165) is 12.3 Å². The molecule has 0 rings (SSSR count). The lowest BCUT2D eigenvalue weighted by atomic mass is 9.92. The molecule has 0 fully saturated rings. The van der Waals surface area contributed by atoms with Gasteiger partial charge in [0.2, 0.25) is 41.9 Å². The van der Waals surface area contributed by atoms with Gasteiger partial charge in [-0.3, -0.25) is 33.6 Å².